The number of nitrogens with one attached hydrogen (secondary N) is 1. The highest BCUT2D eigenvalue weighted by Gasteiger charge is 2.45. The minimum atomic E-state index is -3.76. The summed E-state index contributed by atoms with van der Waals surface area (Å²) in [5.74, 6) is -0.565. The van der Waals surface area contributed by atoms with Crippen LogP contribution in [-0.4, -0.2) is 42.9 Å². The number of carboxylic acid groups (broad SMARTS) is 1. The van der Waals surface area contributed by atoms with Crippen LogP contribution >= 0.6 is 0 Å². The first-order valence-corrected chi connectivity index (χ1v) is 9.20. The van der Waals surface area contributed by atoms with Gasteiger partial charge in [-0.1, -0.05) is 26.7 Å². The Bertz CT molecular complexity index is 442. The Labute approximate surface area is 128 Å². The van der Waals surface area contributed by atoms with E-state index in [1.807, 2.05) is 6.92 Å². The molecule has 1 aliphatic rings. The highest BCUT2D eigenvalue weighted by Crippen LogP contribution is 2.34. The van der Waals surface area contributed by atoms with Crippen molar-refractivity contribution in [3.8, 4) is 0 Å². The van der Waals surface area contributed by atoms with Gasteiger partial charge in [0.05, 0.1) is 0 Å². The molecule has 0 aromatic carbocycles. The van der Waals surface area contributed by atoms with E-state index < -0.39 is 21.7 Å². The number of carbonyl (C=O) groups is 1. The van der Waals surface area contributed by atoms with Gasteiger partial charge in [0.25, 0.3) is 10.2 Å². The lowest BCUT2D eigenvalue weighted by Gasteiger charge is -2.37. The van der Waals surface area contributed by atoms with E-state index in [-0.39, 0.29) is 0 Å². The standard InChI is InChI=1S/C14H28N2O4S/c1-4-6-11-16(3)21(19,20)15-14(13(17)18)9-7-12(5-2)8-10-14/h12,15H,4-11H2,1-3H3,(H,17,18). The molecule has 0 unspecified atom stereocenters. The summed E-state index contributed by atoms with van der Waals surface area (Å²) >= 11 is 0. The fourth-order valence-electron chi connectivity index (χ4n) is 2.76. The fraction of sp³-hybridized carbons (Fsp3) is 0.929. The Kier molecular flexibility index (Phi) is 6.62. The molecular formula is C14H28N2O4S. The van der Waals surface area contributed by atoms with Gasteiger partial charge in [-0.3, -0.25) is 4.79 Å². The highest BCUT2D eigenvalue weighted by atomic mass is 32.2. The molecule has 0 aromatic rings. The lowest BCUT2D eigenvalue weighted by molar-refractivity contribution is -0.145. The van der Waals surface area contributed by atoms with E-state index in [0.717, 1.165) is 32.1 Å². The predicted molar refractivity (Wildman–Crippen MR) is 82.2 cm³/mol. The highest BCUT2D eigenvalue weighted by molar-refractivity contribution is 7.87. The first-order chi connectivity index (χ1) is 9.77. The summed E-state index contributed by atoms with van der Waals surface area (Å²) in [5, 5.41) is 9.52. The number of rotatable bonds is 8. The maximum absolute atomic E-state index is 12.3. The molecule has 21 heavy (non-hydrogen) atoms. The molecule has 2 N–H and O–H groups in total. The Morgan fingerprint density at radius 2 is 1.90 bits per heavy atom. The maximum Gasteiger partial charge on any atom is 0.324 e. The first-order valence-electron chi connectivity index (χ1n) is 7.76. The van der Waals surface area contributed by atoms with Crippen molar-refractivity contribution in [2.24, 2.45) is 5.92 Å². The zero-order valence-electron chi connectivity index (χ0n) is 13.3. The first kappa shape index (κ1) is 18.4. The van der Waals surface area contributed by atoms with Gasteiger partial charge in [-0.15, -0.1) is 0 Å². The van der Waals surface area contributed by atoms with Crippen LogP contribution in [0.15, 0.2) is 0 Å². The number of carboxylic acids is 1. The van der Waals surface area contributed by atoms with Gasteiger partial charge < -0.3 is 5.11 Å². The second kappa shape index (κ2) is 7.56. The number of hydrogen-bond donors (Lipinski definition) is 2. The average Bonchev–Trinajstić information content (AvgIpc) is 2.44. The van der Waals surface area contributed by atoms with Crippen molar-refractivity contribution in [1.82, 2.24) is 9.03 Å². The summed E-state index contributed by atoms with van der Waals surface area (Å²) in [6.07, 6.45) is 4.90. The van der Waals surface area contributed by atoms with Crippen molar-refractivity contribution >= 4 is 16.2 Å². The quantitative estimate of drug-likeness (QED) is 0.716. The van der Waals surface area contributed by atoms with Gasteiger partial charge in [0.2, 0.25) is 0 Å². The van der Waals surface area contributed by atoms with Gasteiger partial charge in [0.15, 0.2) is 0 Å². The number of aliphatic carboxylic acids is 1. The molecule has 0 saturated heterocycles. The van der Waals surface area contributed by atoms with Crippen molar-refractivity contribution in [2.45, 2.75) is 64.3 Å². The second-order valence-electron chi connectivity index (χ2n) is 6.02. The molecule has 0 aliphatic heterocycles. The summed E-state index contributed by atoms with van der Waals surface area (Å²) in [7, 11) is -2.27. The average molecular weight is 320 g/mol. The number of hydrogen-bond acceptors (Lipinski definition) is 3. The lowest BCUT2D eigenvalue weighted by atomic mass is 9.76. The van der Waals surface area contributed by atoms with Gasteiger partial charge in [0.1, 0.15) is 5.54 Å². The molecule has 1 aliphatic carbocycles. The third kappa shape index (κ3) is 4.66. The summed E-state index contributed by atoms with van der Waals surface area (Å²) in [5.41, 5.74) is -1.34. The Morgan fingerprint density at radius 1 is 1.33 bits per heavy atom. The summed E-state index contributed by atoms with van der Waals surface area (Å²) in [6, 6.07) is 0. The van der Waals surface area contributed by atoms with Crippen LogP contribution in [0.4, 0.5) is 0 Å². The van der Waals surface area contributed by atoms with Crippen LogP contribution in [0, 0.1) is 5.92 Å². The van der Waals surface area contributed by atoms with Gasteiger partial charge in [-0.05, 0) is 38.0 Å². The molecule has 0 amide bonds. The molecule has 1 saturated carbocycles. The lowest BCUT2D eigenvalue weighted by Crippen LogP contribution is -2.59. The van der Waals surface area contributed by atoms with Crippen molar-refractivity contribution in [1.29, 1.82) is 0 Å². The van der Waals surface area contributed by atoms with Gasteiger partial charge in [-0.2, -0.15) is 17.4 Å². The fourth-order valence-corrected chi connectivity index (χ4v) is 4.07. The van der Waals surface area contributed by atoms with E-state index in [9.17, 15) is 18.3 Å². The SMILES string of the molecule is CCCCN(C)S(=O)(=O)NC1(C(=O)O)CCC(CC)CC1. The molecule has 6 nitrogen and oxygen atoms in total. The Hall–Kier alpha value is -0.660. The van der Waals surface area contributed by atoms with Crippen LogP contribution in [0.1, 0.15) is 58.8 Å². The summed E-state index contributed by atoms with van der Waals surface area (Å²) in [4.78, 5) is 11.6. The third-order valence-electron chi connectivity index (χ3n) is 4.51. The largest absolute Gasteiger partial charge is 0.480 e. The number of nitrogens with zero attached hydrogens (tertiary/aromatic N) is 1. The number of unbranched alkanes of at least 4 members (excludes halogenated alkanes) is 1. The molecular weight excluding hydrogens is 292 g/mol. The molecule has 1 fully saturated rings. The zero-order chi connectivity index (χ0) is 16.1. The van der Waals surface area contributed by atoms with Crippen molar-refractivity contribution in [3.05, 3.63) is 0 Å². The topological polar surface area (TPSA) is 86.7 Å². The Morgan fingerprint density at radius 3 is 2.33 bits per heavy atom. The predicted octanol–water partition coefficient (Wildman–Crippen LogP) is 1.98. The molecule has 0 radical (unpaired) electrons. The molecule has 0 aromatic heterocycles. The van der Waals surface area contributed by atoms with E-state index in [0.29, 0.717) is 25.3 Å². The monoisotopic (exact) mass is 320 g/mol. The van der Waals surface area contributed by atoms with Crippen LogP contribution in [-0.2, 0) is 15.0 Å². The smallest absolute Gasteiger partial charge is 0.324 e. The third-order valence-corrected chi connectivity index (χ3v) is 6.16. The van der Waals surface area contributed by atoms with E-state index in [2.05, 4.69) is 11.6 Å². The van der Waals surface area contributed by atoms with Crippen LogP contribution in [0.2, 0.25) is 0 Å². The van der Waals surface area contributed by atoms with E-state index >= 15 is 0 Å². The zero-order valence-corrected chi connectivity index (χ0v) is 14.1. The molecule has 0 spiro atoms. The van der Waals surface area contributed by atoms with Crippen LogP contribution in [0.25, 0.3) is 0 Å². The van der Waals surface area contributed by atoms with Gasteiger partial charge in [0, 0.05) is 13.6 Å². The minimum Gasteiger partial charge on any atom is -0.480 e. The van der Waals surface area contributed by atoms with Crippen molar-refractivity contribution in [3.63, 3.8) is 0 Å². The van der Waals surface area contributed by atoms with Crippen molar-refractivity contribution in [2.75, 3.05) is 13.6 Å². The summed E-state index contributed by atoms with van der Waals surface area (Å²) in [6.45, 7) is 4.47. The molecule has 0 bridgehead atoms. The second-order valence-corrected chi connectivity index (χ2v) is 7.80. The minimum absolute atomic E-state index is 0.363. The van der Waals surface area contributed by atoms with Crippen molar-refractivity contribution < 1.29 is 18.3 Å². The Balaban J connectivity index is 2.81. The van der Waals surface area contributed by atoms with Crippen LogP contribution < -0.4 is 4.72 Å². The molecule has 124 valence electrons. The maximum atomic E-state index is 12.3. The molecule has 7 heteroatoms. The normalized spacial score (nSPS) is 27.0. The van der Waals surface area contributed by atoms with Gasteiger partial charge >= 0.3 is 5.97 Å². The van der Waals surface area contributed by atoms with E-state index in [1.165, 1.54) is 11.4 Å². The summed E-state index contributed by atoms with van der Waals surface area (Å²) < 4.78 is 28.3. The van der Waals surface area contributed by atoms with Crippen LogP contribution in [0.3, 0.4) is 0 Å². The molecule has 0 atom stereocenters. The van der Waals surface area contributed by atoms with Crippen LogP contribution in [0.5, 0.6) is 0 Å². The molecule has 0 heterocycles. The van der Waals surface area contributed by atoms with E-state index in [4.69, 9.17) is 0 Å². The van der Waals surface area contributed by atoms with E-state index in [1.54, 1.807) is 0 Å². The molecule has 1 rings (SSSR count). The van der Waals surface area contributed by atoms with Gasteiger partial charge in [-0.25, -0.2) is 0 Å².